The molecule has 0 fully saturated rings. The Morgan fingerprint density at radius 2 is 2.05 bits per heavy atom. The fourth-order valence-electron chi connectivity index (χ4n) is 2.25. The van der Waals surface area contributed by atoms with Crippen LogP contribution in [-0.4, -0.2) is 29.4 Å². The number of amides is 2. The minimum atomic E-state index is -0.791. The number of carboxylic acids is 1. The molecule has 0 aromatic heterocycles. The van der Waals surface area contributed by atoms with Gasteiger partial charge in [0.2, 0.25) is 5.91 Å². The standard InChI is InChI=1S/C15H18N2O4/c18-13-9-11-8-10(5-6-12(11)17-13)15(21)16-7-3-1-2-4-14(19)20/h5-6,8H,1-4,7,9H2,(H,16,21)(H,17,18)(H,19,20). The number of benzene rings is 1. The zero-order valence-corrected chi connectivity index (χ0v) is 11.6. The van der Waals surface area contributed by atoms with Crippen LogP contribution in [-0.2, 0) is 16.0 Å². The summed E-state index contributed by atoms with van der Waals surface area (Å²) in [5.74, 6) is -1.02. The number of unbranched alkanes of at least 4 members (excludes halogenated alkanes) is 2. The van der Waals surface area contributed by atoms with E-state index in [4.69, 9.17) is 5.11 Å². The van der Waals surface area contributed by atoms with Gasteiger partial charge in [0.1, 0.15) is 0 Å². The van der Waals surface area contributed by atoms with Crippen LogP contribution in [0.4, 0.5) is 5.69 Å². The molecule has 112 valence electrons. The highest BCUT2D eigenvalue weighted by Crippen LogP contribution is 2.23. The van der Waals surface area contributed by atoms with Crippen molar-refractivity contribution in [2.24, 2.45) is 0 Å². The Hall–Kier alpha value is -2.37. The van der Waals surface area contributed by atoms with Crippen molar-refractivity contribution in [3.8, 4) is 0 Å². The number of anilines is 1. The molecule has 0 radical (unpaired) electrons. The van der Waals surface area contributed by atoms with E-state index in [1.807, 2.05) is 0 Å². The quantitative estimate of drug-likeness (QED) is 0.664. The van der Waals surface area contributed by atoms with Crippen LogP contribution in [0.1, 0.15) is 41.6 Å². The first-order chi connectivity index (χ1) is 10.1. The van der Waals surface area contributed by atoms with Gasteiger partial charge in [0.15, 0.2) is 0 Å². The molecule has 1 heterocycles. The summed E-state index contributed by atoms with van der Waals surface area (Å²) < 4.78 is 0. The first-order valence-electron chi connectivity index (χ1n) is 6.99. The molecule has 2 rings (SSSR count). The molecule has 1 aliphatic rings. The molecule has 1 aromatic carbocycles. The molecule has 1 aliphatic heterocycles. The normalized spacial score (nSPS) is 12.7. The van der Waals surface area contributed by atoms with Gasteiger partial charge in [-0.3, -0.25) is 14.4 Å². The summed E-state index contributed by atoms with van der Waals surface area (Å²) >= 11 is 0. The summed E-state index contributed by atoms with van der Waals surface area (Å²) in [6, 6.07) is 5.15. The van der Waals surface area contributed by atoms with Crippen molar-refractivity contribution in [1.82, 2.24) is 5.32 Å². The second-order valence-electron chi connectivity index (χ2n) is 5.06. The predicted molar refractivity (Wildman–Crippen MR) is 77.2 cm³/mol. The highest BCUT2D eigenvalue weighted by molar-refractivity contribution is 6.01. The van der Waals surface area contributed by atoms with Crippen molar-refractivity contribution in [3.05, 3.63) is 29.3 Å². The molecule has 0 unspecified atom stereocenters. The SMILES string of the molecule is O=C(O)CCCCCNC(=O)c1ccc2c(c1)CC(=O)N2. The molecule has 0 aliphatic carbocycles. The van der Waals surface area contributed by atoms with Crippen LogP contribution < -0.4 is 10.6 Å². The number of carbonyl (C=O) groups excluding carboxylic acids is 2. The van der Waals surface area contributed by atoms with Gasteiger partial charge in [-0.15, -0.1) is 0 Å². The topological polar surface area (TPSA) is 95.5 Å². The van der Waals surface area contributed by atoms with E-state index in [9.17, 15) is 14.4 Å². The Balaban J connectivity index is 1.75. The maximum atomic E-state index is 12.0. The van der Waals surface area contributed by atoms with Gasteiger partial charge in [0, 0.05) is 24.2 Å². The number of carbonyl (C=O) groups is 3. The first kappa shape index (κ1) is 15.0. The van der Waals surface area contributed by atoms with Gasteiger partial charge in [-0.2, -0.15) is 0 Å². The van der Waals surface area contributed by atoms with Crippen LogP contribution in [0.15, 0.2) is 18.2 Å². The average molecular weight is 290 g/mol. The van der Waals surface area contributed by atoms with Crippen molar-refractivity contribution in [3.63, 3.8) is 0 Å². The summed E-state index contributed by atoms with van der Waals surface area (Å²) in [4.78, 5) is 33.5. The van der Waals surface area contributed by atoms with Crippen molar-refractivity contribution >= 4 is 23.5 Å². The lowest BCUT2D eigenvalue weighted by atomic mass is 10.1. The zero-order chi connectivity index (χ0) is 15.2. The van der Waals surface area contributed by atoms with Gasteiger partial charge in [0.25, 0.3) is 5.91 Å². The van der Waals surface area contributed by atoms with E-state index in [0.717, 1.165) is 24.1 Å². The van der Waals surface area contributed by atoms with E-state index in [2.05, 4.69) is 10.6 Å². The molecule has 1 aromatic rings. The lowest BCUT2D eigenvalue weighted by molar-refractivity contribution is -0.137. The van der Waals surface area contributed by atoms with Gasteiger partial charge in [0.05, 0.1) is 6.42 Å². The third-order valence-corrected chi connectivity index (χ3v) is 3.35. The average Bonchev–Trinajstić information content (AvgIpc) is 2.81. The lowest BCUT2D eigenvalue weighted by Crippen LogP contribution is -2.24. The number of hydrogen-bond donors (Lipinski definition) is 3. The van der Waals surface area contributed by atoms with Crippen LogP contribution in [0.3, 0.4) is 0 Å². The maximum Gasteiger partial charge on any atom is 0.303 e. The van der Waals surface area contributed by atoms with E-state index >= 15 is 0 Å². The molecule has 0 atom stereocenters. The largest absolute Gasteiger partial charge is 0.481 e. The number of nitrogens with one attached hydrogen (secondary N) is 2. The highest BCUT2D eigenvalue weighted by atomic mass is 16.4. The molecule has 0 spiro atoms. The number of aliphatic carboxylic acids is 1. The number of rotatable bonds is 7. The number of carboxylic acid groups (broad SMARTS) is 1. The Morgan fingerprint density at radius 1 is 1.24 bits per heavy atom. The monoisotopic (exact) mass is 290 g/mol. The van der Waals surface area contributed by atoms with Crippen LogP contribution in [0.2, 0.25) is 0 Å². The van der Waals surface area contributed by atoms with Gasteiger partial charge in [-0.25, -0.2) is 0 Å². The number of hydrogen-bond acceptors (Lipinski definition) is 3. The van der Waals surface area contributed by atoms with Gasteiger partial charge in [-0.1, -0.05) is 6.42 Å². The van der Waals surface area contributed by atoms with Crippen LogP contribution >= 0.6 is 0 Å². The zero-order valence-electron chi connectivity index (χ0n) is 11.6. The van der Waals surface area contributed by atoms with Crippen molar-refractivity contribution in [2.75, 3.05) is 11.9 Å². The third-order valence-electron chi connectivity index (χ3n) is 3.35. The van der Waals surface area contributed by atoms with Crippen LogP contribution in [0.5, 0.6) is 0 Å². The molecule has 6 heteroatoms. The number of fused-ring (bicyclic) bond motifs is 1. The molecule has 6 nitrogen and oxygen atoms in total. The fraction of sp³-hybridized carbons (Fsp3) is 0.400. The molecule has 3 N–H and O–H groups in total. The fourth-order valence-corrected chi connectivity index (χ4v) is 2.25. The predicted octanol–water partition coefficient (Wildman–Crippen LogP) is 1.56. The minimum Gasteiger partial charge on any atom is -0.481 e. The molecule has 0 saturated heterocycles. The Bertz CT molecular complexity index is 569. The Labute approximate surface area is 122 Å². The van der Waals surface area contributed by atoms with Crippen LogP contribution in [0.25, 0.3) is 0 Å². The Morgan fingerprint density at radius 3 is 2.81 bits per heavy atom. The third kappa shape index (κ3) is 4.30. The second-order valence-corrected chi connectivity index (χ2v) is 5.06. The second kappa shape index (κ2) is 6.88. The van der Waals surface area contributed by atoms with Crippen LogP contribution in [0, 0.1) is 0 Å². The van der Waals surface area contributed by atoms with Gasteiger partial charge in [-0.05, 0) is 36.6 Å². The first-order valence-corrected chi connectivity index (χ1v) is 6.99. The molecule has 2 amide bonds. The van der Waals surface area contributed by atoms with E-state index in [1.165, 1.54) is 0 Å². The Kier molecular flexibility index (Phi) is 4.92. The molecular weight excluding hydrogens is 272 g/mol. The summed E-state index contributed by atoms with van der Waals surface area (Å²) in [6.45, 7) is 0.521. The minimum absolute atomic E-state index is 0.0546. The summed E-state index contributed by atoms with van der Waals surface area (Å²) in [7, 11) is 0. The van der Waals surface area contributed by atoms with Crippen molar-refractivity contribution in [2.45, 2.75) is 32.1 Å². The lowest BCUT2D eigenvalue weighted by Gasteiger charge is -2.06. The summed E-state index contributed by atoms with van der Waals surface area (Å²) in [6.07, 6.45) is 2.63. The van der Waals surface area contributed by atoms with Gasteiger partial charge >= 0.3 is 5.97 Å². The van der Waals surface area contributed by atoms with E-state index < -0.39 is 5.97 Å². The molecule has 21 heavy (non-hydrogen) atoms. The van der Waals surface area contributed by atoms with Crippen molar-refractivity contribution < 1.29 is 19.5 Å². The highest BCUT2D eigenvalue weighted by Gasteiger charge is 2.18. The van der Waals surface area contributed by atoms with E-state index in [0.29, 0.717) is 24.9 Å². The molecule has 0 saturated carbocycles. The maximum absolute atomic E-state index is 12.0. The van der Waals surface area contributed by atoms with Crippen molar-refractivity contribution in [1.29, 1.82) is 0 Å². The molecular formula is C15H18N2O4. The van der Waals surface area contributed by atoms with E-state index in [-0.39, 0.29) is 18.2 Å². The summed E-state index contributed by atoms with van der Waals surface area (Å²) in [5, 5.41) is 14.0. The summed E-state index contributed by atoms with van der Waals surface area (Å²) in [5.41, 5.74) is 2.15. The molecule has 0 bridgehead atoms. The smallest absolute Gasteiger partial charge is 0.303 e. The van der Waals surface area contributed by atoms with E-state index in [1.54, 1.807) is 18.2 Å². The van der Waals surface area contributed by atoms with Gasteiger partial charge < -0.3 is 15.7 Å².